The van der Waals surface area contributed by atoms with Crippen LogP contribution in [-0.4, -0.2) is 146 Å². The van der Waals surface area contributed by atoms with Crippen molar-refractivity contribution in [1.82, 2.24) is 0 Å². The lowest BCUT2D eigenvalue weighted by Gasteiger charge is -2.41. The fourth-order valence-electron chi connectivity index (χ4n) is 5.56. The third-order valence-electron chi connectivity index (χ3n) is 8.21. The molecule has 5 rings (SSSR count). The van der Waals surface area contributed by atoms with Gasteiger partial charge in [-0.3, -0.25) is 4.79 Å². The molecule has 2 aromatic rings. The van der Waals surface area contributed by atoms with E-state index in [4.69, 9.17) is 37.9 Å². The molecule has 49 heavy (non-hydrogen) atoms. The number of aliphatic hydroxyl groups excluding tert-OH is 7. The maximum Gasteiger partial charge on any atom is 0.302 e. The molecule has 2 aromatic carbocycles. The Morgan fingerprint density at radius 2 is 1.35 bits per heavy atom. The van der Waals surface area contributed by atoms with E-state index in [1.165, 1.54) is 38.5 Å². The molecule has 0 amide bonds. The lowest BCUT2D eigenvalue weighted by Crippen LogP contribution is -2.60. The van der Waals surface area contributed by atoms with Crippen molar-refractivity contribution < 1.29 is 88.6 Å². The highest BCUT2D eigenvalue weighted by Crippen LogP contribution is 2.48. The first-order chi connectivity index (χ1) is 23.3. The molecule has 3 aliphatic rings. The topological polar surface area (TPSA) is 277 Å². The van der Waals surface area contributed by atoms with E-state index in [1.54, 1.807) is 0 Å². The maximum absolute atomic E-state index is 11.4. The number of methoxy groups -OCH3 is 2. The molecule has 18 heteroatoms. The molecule has 0 spiro atoms. The van der Waals surface area contributed by atoms with Gasteiger partial charge in [0.1, 0.15) is 72.5 Å². The van der Waals surface area contributed by atoms with Crippen LogP contribution in [0.3, 0.4) is 0 Å². The molecule has 0 aromatic heterocycles. The van der Waals surface area contributed by atoms with E-state index in [1.807, 2.05) is 0 Å². The van der Waals surface area contributed by atoms with Crippen molar-refractivity contribution in [3.8, 4) is 34.5 Å². The van der Waals surface area contributed by atoms with Gasteiger partial charge in [0.15, 0.2) is 17.3 Å². The molecule has 2 saturated heterocycles. The van der Waals surface area contributed by atoms with E-state index < -0.39 is 86.7 Å². The molecule has 270 valence electrons. The van der Waals surface area contributed by atoms with Crippen LogP contribution in [0, 0.1) is 0 Å². The largest absolute Gasteiger partial charge is 0.571 e. The van der Waals surface area contributed by atoms with Crippen LogP contribution in [0.5, 0.6) is 34.5 Å². The first kappa shape index (κ1) is 36.2. The molecule has 18 nitrogen and oxygen atoms in total. The zero-order chi connectivity index (χ0) is 35.7. The number of hydrogen-bond donors (Lipinski definition) is 9. The number of phenolic OH excluding ortho intramolecular Hbond substituents is 2. The van der Waals surface area contributed by atoms with Gasteiger partial charge in [0.05, 0.1) is 32.5 Å². The van der Waals surface area contributed by atoms with Gasteiger partial charge in [-0.15, -0.1) is 0 Å². The van der Waals surface area contributed by atoms with Crippen LogP contribution < -0.4 is 14.2 Å². The van der Waals surface area contributed by atoms with Gasteiger partial charge in [-0.2, -0.15) is 0 Å². The number of benzene rings is 2. The van der Waals surface area contributed by atoms with E-state index in [2.05, 4.69) is 0 Å². The number of fused-ring (bicyclic) bond motifs is 1. The molecule has 0 bridgehead atoms. The zero-order valence-corrected chi connectivity index (χ0v) is 26.4. The smallest absolute Gasteiger partial charge is 0.302 e. The highest BCUT2D eigenvalue weighted by molar-refractivity contribution is 5.70. The second-order valence-corrected chi connectivity index (χ2v) is 11.5. The summed E-state index contributed by atoms with van der Waals surface area (Å²) < 4.78 is 43.3. The van der Waals surface area contributed by atoms with Gasteiger partial charge in [0.2, 0.25) is 18.3 Å². The van der Waals surface area contributed by atoms with Crippen LogP contribution in [0.4, 0.5) is 0 Å². The Bertz CT molecular complexity index is 1500. The van der Waals surface area contributed by atoms with E-state index in [0.29, 0.717) is 5.56 Å². The molecule has 0 radical (unpaired) electrons. The second-order valence-electron chi connectivity index (χ2n) is 11.5. The highest BCUT2D eigenvalue weighted by Gasteiger charge is 2.48. The second kappa shape index (κ2) is 14.8. The van der Waals surface area contributed by atoms with Gasteiger partial charge in [0.25, 0.3) is 11.9 Å². The maximum atomic E-state index is 11.4. The summed E-state index contributed by atoms with van der Waals surface area (Å²) in [5, 5.41) is 93.7. The fourth-order valence-corrected chi connectivity index (χ4v) is 5.56. The van der Waals surface area contributed by atoms with Crippen LogP contribution in [0.1, 0.15) is 24.2 Å². The number of aromatic hydroxyl groups is 3. The summed E-state index contributed by atoms with van der Waals surface area (Å²) in [6.45, 7) is -0.0780. The van der Waals surface area contributed by atoms with Gasteiger partial charge >= 0.3 is 5.97 Å². The van der Waals surface area contributed by atoms with E-state index >= 15 is 0 Å². The molecular weight excluding hydrogens is 660 g/mol. The average Bonchev–Trinajstić information content (AvgIpc) is 3.08. The van der Waals surface area contributed by atoms with Gasteiger partial charge < -0.3 is 83.9 Å². The van der Waals surface area contributed by atoms with Gasteiger partial charge in [-0.1, -0.05) is 0 Å². The van der Waals surface area contributed by atoms with Crippen LogP contribution in [0.25, 0.3) is 6.08 Å². The molecule has 11 atom stereocenters. The predicted octanol–water partition coefficient (Wildman–Crippen LogP) is -1.98. The summed E-state index contributed by atoms with van der Waals surface area (Å²) in [5.41, 5.74) is 0.409. The van der Waals surface area contributed by atoms with Crippen LogP contribution in [0.15, 0.2) is 30.0 Å². The van der Waals surface area contributed by atoms with Crippen molar-refractivity contribution in [2.24, 2.45) is 0 Å². The number of hydrogen-bond acceptors (Lipinski definition) is 17. The van der Waals surface area contributed by atoms with Crippen LogP contribution >= 0.6 is 0 Å². The summed E-state index contributed by atoms with van der Waals surface area (Å²) >= 11 is 0. The minimum atomic E-state index is -1.83. The summed E-state index contributed by atoms with van der Waals surface area (Å²) in [6.07, 6.45) is -16.3. The Morgan fingerprint density at radius 1 is 0.776 bits per heavy atom. The normalized spacial score (nSPS) is 32.6. The molecule has 3 heterocycles. The third kappa shape index (κ3) is 7.28. The molecule has 2 fully saturated rings. The lowest BCUT2D eigenvalue weighted by molar-refractivity contribution is -0.296. The molecule has 10 N–H and O–H groups in total. The Balaban J connectivity index is 1.57. The Kier molecular flexibility index (Phi) is 10.9. The number of rotatable bonds is 10. The summed E-state index contributed by atoms with van der Waals surface area (Å²) in [6, 6.07) is 5.25. The molecule has 0 saturated carbocycles. The quantitative estimate of drug-likeness (QED) is 0.0960. The number of ether oxygens (including phenoxy) is 8. The molecular formula is C31H39O18+. The van der Waals surface area contributed by atoms with Crippen LogP contribution in [0.2, 0.25) is 0 Å². The van der Waals surface area contributed by atoms with Gasteiger partial charge in [-0.05, 0) is 12.1 Å². The average molecular weight is 700 g/mol. The van der Waals surface area contributed by atoms with Crippen molar-refractivity contribution in [2.45, 2.75) is 74.4 Å². The summed E-state index contributed by atoms with van der Waals surface area (Å²) in [5.74, 6) is -1.54. The summed E-state index contributed by atoms with van der Waals surface area (Å²) in [4.78, 5) is 11.4. The van der Waals surface area contributed by atoms with Gasteiger partial charge in [0, 0.05) is 19.1 Å². The molecule has 0 aliphatic carbocycles. The van der Waals surface area contributed by atoms with Crippen molar-refractivity contribution in [3.05, 3.63) is 41.2 Å². The van der Waals surface area contributed by atoms with Crippen molar-refractivity contribution in [2.75, 3.05) is 27.4 Å². The van der Waals surface area contributed by atoms with E-state index in [0.717, 1.165) is 13.0 Å². The van der Waals surface area contributed by atoms with Crippen molar-refractivity contribution in [3.63, 3.8) is 0 Å². The van der Waals surface area contributed by atoms with E-state index in [9.17, 15) is 50.8 Å². The van der Waals surface area contributed by atoms with Crippen molar-refractivity contribution in [1.29, 1.82) is 0 Å². The SMILES string of the molecule is COc1cc(C2[OH+]c3cc(O)cc(O[C@@H]4O[C@H](CO)[C@@H](O)[C@H](O)[C@H]4O)c3C=C2O[C@@H]2O[C@H](COC(C)=O)[C@@H](O)[C@H](O)[C@H]2O)cc(OC)c1O. The minimum absolute atomic E-state index is 0.00816. The monoisotopic (exact) mass is 699 g/mol. The van der Waals surface area contributed by atoms with Crippen LogP contribution in [-0.2, 0) is 23.7 Å². The lowest BCUT2D eigenvalue weighted by atomic mass is 9.98. The zero-order valence-electron chi connectivity index (χ0n) is 26.4. The highest BCUT2D eigenvalue weighted by atomic mass is 16.7. The predicted molar refractivity (Wildman–Crippen MR) is 160 cm³/mol. The first-order valence-corrected chi connectivity index (χ1v) is 15.0. The standard InChI is InChI=1S/C31H38O18/c1-11(33)44-10-21-24(37)26(39)28(41)31(49-21)47-19-8-14-15(45-29(19)12-4-17(42-2)22(35)18(5-12)43-3)6-13(34)7-16(14)46-30-27(40)25(38)23(36)20(9-32)48-30/h4-8,20-21,23-32,34-41H,9-10H2,1-3H3/p+1/t20-,21-,23-,24-,25+,26+,27-,28-,29?,30-,31-/m1/s1. The molecule has 1 unspecified atom stereocenters. The number of phenols is 2. The Labute approximate surface area is 278 Å². The van der Waals surface area contributed by atoms with Gasteiger partial charge in [-0.25, -0.2) is 0 Å². The van der Waals surface area contributed by atoms with Crippen molar-refractivity contribution >= 4 is 12.0 Å². The number of esters is 1. The molecule has 3 aliphatic heterocycles. The Morgan fingerprint density at radius 3 is 1.92 bits per heavy atom. The number of aliphatic hydroxyl groups is 8. The number of carbonyl (C=O) groups is 1. The number of carbonyl (C=O) groups excluding carboxylic acids is 1. The first-order valence-electron chi connectivity index (χ1n) is 15.0. The Hall–Kier alpha value is -4.11. The third-order valence-corrected chi connectivity index (χ3v) is 8.21. The fraction of sp³-hybridized carbons (Fsp3) is 0.516. The van der Waals surface area contributed by atoms with E-state index in [-0.39, 0.29) is 45.8 Å². The minimum Gasteiger partial charge on any atom is -0.571 e. The summed E-state index contributed by atoms with van der Waals surface area (Å²) in [7, 11) is 2.61.